The van der Waals surface area contributed by atoms with Gasteiger partial charge in [0.2, 0.25) is 10.0 Å². The number of hydrogen-bond acceptors (Lipinski definition) is 4. The molecule has 2 aromatic rings. The first-order valence-corrected chi connectivity index (χ1v) is 9.76. The highest BCUT2D eigenvalue weighted by Gasteiger charge is 2.25. The van der Waals surface area contributed by atoms with Crippen molar-refractivity contribution in [3.8, 4) is 11.3 Å². The highest BCUT2D eigenvalue weighted by molar-refractivity contribution is 7.89. The molecule has 6 heteroatoms. The van der Waals surface area contributed by atoms with Crippen molar-refractivity contribution in [2.45, 2.75) is 33.1 Å². The van der Waals surface area contributed by atoms with Crippen LogP contribution in [-0.4, -0.2) is 31.2 Å². The fourth-order valence-corrected chi connectivity index (χ4v) is 3.85. The van der Waals surface area contributed by atoms with Crippen LogP contribution in [0.2, 0.25) is 0 Å². The smallest absolute Gasteiger partial charge is 0.311 e. The lowest BCUT2D eigenvalue weighted by Crippen LogP contribution is -2.19. The Morgan fingerprint density at radius 1 is 1.21 bits per heavy atom. The van der Waals surface area contributed by atoms with E-state index in [0.717, 1.165) is 17.4 Å². The summed E-state index contributed by atoms with van der Waals surface area (Å²) in [5.41, 5.74) is 2.68. The summed E-state index contributed by atoms with van der Waals surface area (Å²) >= 11 is 0. The molecule has 130 valence electrons. The summed E-state index contributed by atoms with van der Waals surface area (Å²) in [6.45, 7) is 5.95. The molecule has 24 heavy (non-hydrogen) atoms. The third kappa shape index (κ3) is 3.87. The van der Waals surface area contributed by atoms with Crippen LogP contribution in [0.3, 0.4) is 0 Å². The van der Waals surface area contributed by atoms with Gasteiger partial charge in [0.1, 0.15) is 0 Å². The Morgan fingerprint density at radius 3 is 2.33 bits per heavy atom. The lowest BCUT2D eigenvalue weighted by molar-refractivity contribution is -0.142. The lowest BCUT2D eigenvalue weighted by atomic mass is 10.0. The van der Waals surface area contributed by atoms with Gasteiger partial charge in [-0.05, 0) is 30.0 Å². The zero-order valence-electron chi connectivity index (χ0n) is 14.4. The van der Waals surface area contributed by atoms with Gasteiger partial charge in [-0.15, -0.1) is 0 Å². The van der Waals surface area contributed by atoms with E-state index in [9.17, 15) is 13.2 Å². The molecule has 0 N–H and O–H groups in total. The molecule has 0 spiro atoms. The van der Waals surface area contributed by atoms with E-state index in [1.165, 1.54) is 3.97 Å². The molecule has 2 rings (SSSR count). The van der Waals surface area contributed by atoms with Crippen LogP contribution in [0.25, 0.3) is 11.3 Å². The maximum Gasteiger partial charge on any atom is 0.311 e. The Kier molecular flexibility index (Phi) is 5.49. The highest BCUT2D eigenvalue weighted by atomic mass is 32.2. The second-order valence-corrected chi connectivity index (χ2v) is 7.79. The van der Waals surface area contributed by atoms with Crippen molar-refractivity contribution in [1.82, 2.24) is 3.97 Å². The monoisotopic (exact) mass is 349 g/mol. The fraction of sp³-hybridized carbons (Fsp3) is 0.389. The fourth-order valence-electron chi connectivity index (χ4n) is 2.76. The Labute approximate surface area is 143 Å². The molecule has 0 amide bonds. The van der Waals surface area contributed by atoms with E-state index in [1.807, 2.05) is 50.2 Å². The van der Waals surface area contributed by atoms with Crippen LogP contribution in [0.15, 0.2) is 36.4 Å². The maximum absolute atomic E-state index is 12.4. The SMILES string of the molecule is CCOC(=O)Cc1c(C(C)C)cc(-c2ccccc2)n1S(C)(=O)=O. The second kappa shape index (κ2) is 7.21. The van der Waals surface area contributed by atoms with Crippen molar-refractivity contribution >= 4 is 16.0 Å². The van der Waals surface area contributed by atoms with Crippen LogP contribution in [0, 0.1) is 0 Å². The molecule has 0 radical (unpaired) electrons. The topological polar surface area (TPSA) is 65.4 Å². The van der Waals surface area contributed by atoms with Crippen LogP contribution in [0.1, 0.15) is 37.9 Å². The van der Waals surface area contributed by atoms with Crippen molar-refractivity contribution in [1.29, 1.82) is 0 Å². The van der Waals surface area contributed by atoms with Crippen molar-refractivity contribution in [3.05, 3.63) is 47.7 Å². The maximum atomic E-state index is 12.4. The molecule has 0 bridgehead atoms. The van der Waals surface area contributed by atoms with Crippen LogP contribution in [0.5, 0.6) is 0 Å². The summed E-state index contributed by atoms with van der Waals surface area (Å²) in [6.07, 6.45) is 1.08. The number of benzene rings is 1. The van der Waals surface area contributed by atoms with Gasteiger partial charge in [-0.25, -0.2) is 12.4 Å². The van der Waals surface area contributed by atoms with Crippen LogP contribution in [0.4, 0.5) is 0 Å². The molecule has 0 aliphatic carbocycles. The number of nitrogens with zero attached hydrogens (tertiary/aromatic N) is 1. The van der Waals surface area contributed by atoms with Gasteiger partial charge in [0.05, 0.1) is 25.0 Å². The number of hydrogen-bond donors (Lipinski definition) is 0. The van der Waals surface area contributed by atoms with Crippen molar-refractivity contribution in [2.75, 3.05) is 12.9 Å². The van der Waals surface area contributed by atoms with E-state index in [-0.39, 0.29) is 18.9 Å². The predicted octanol–water partition coefficient (Wildman–Crippen LogP) is 3.19. The van der Waals surface area contributed by atoms with E-state index in [1.54, 1.807) is 6.92 Å². The van der Waals surface area contributed by atoms with Gasteiger partial charge < -0.3 is 4.74 Å². The average Bonchev–Trinajstić information content (AvgIpc) is 2.88. The van der Waals surface area contributed by atoms with Crippen LogP contribution >= 0.6 is 0 Å². The first-order chi connectivity index (χ1) is 11.3. The molecule has 1 aromatic heterocycles. The van der Waals surface area contributed by atoms with Gasteiger partial charge in [0.15, 0.2) is 0 Å². The number of rotatable bonds is 6. The number of aromatic nitrogens is 1. The summed E-state index contributed by atoms with van der Waals surface area (Å²) in [6, 6.07) is 11.2. The van der Waals surface area contributed by atoms with Crippen LogP contribution in [-0.2, 0) is 26.0 Å². The summed E-state index contributed by atoms with van der Waals surface area (Å²) < 4.78 is 31.2. The summed E-state index contributed by atoms with van der Waals surface area (Å²) in [5.74, 6) is -0.345. The number of carbonyl (C=O) groups excluding carboxylic acids is 1. The minimum atomic E-state index is -3.58. The van der Waals surface area contributed by atoms with E-state index in [4.69, 9.17) is 4.74 Å². The summed E-state index contributed by atoms with van der Waals surface area (Å²) in [5, 5.41) is 0. The Balaban J connectivity index is 2.71. The zero-order chi connectivity index (χ0) is 17.9. The van der Waals surface area contributed by atoms with Crippen molar-refractivity contribution in [2.24, 2.45) is 0 Å². The zero-order valence-corrected chi connectivity index (χ0v) is 15.3. The van der Waals surface area contributed by atoms with Crippen LogP contribution < -0.4 is 0 Å². The highest BCUT2D eigenvalue weighted by Crippen LogP contribution is 2.32. The number of ether oxygens (including phenoxy) is 1. The van der Waals surface area contributed by atoms with Gasteiger partial charge in [0.25, 0.3) is 0 Å². The van der Waals surface area contributed by atoms with E-state index in [0.29, 0.717) is 11.4 Å². The van der Waals surface area contributed by atoms with Gasteiger partial charge in [-0.1, -0.05) is 44.2 Å². The molecule has 0 aliphatic rings. The Morgan fingerprint density at radius 2 is 1.83 bits per heavy atom. The summed E-state index contributed by atoms with van der Waals surface area (Å²) in [4.78, 5) is 12.0. The lowest BCUT2D eigenvalue weighted by Gasteiger charge is -2.13. The van der Waals surface area contributed by atoms with Gasteiger partial charge in [-0.2, -0.15) is 0 Å². The molecule has 0 saturated carbocycles. The standard InChI is InChI=1S/C18H23NO4S/c1-5-23-18(20)12-17-15(13(2)3)11-16(19(17)24(4,21)22)14-9-7-6-8-10-14/h6-11,13H,5,12H2,1-4H3. The number of carbonyl (C=O) groups is 1. The van der Waals surface area contributed by atoms with Gasteiger partial charge in [-0.3, -0.25) is 4.79 Å². The van der Waals surface area contributed by atoms with E-state index in [2.05, 4.69) is 0 Å². The third-order valence-electron chi connectivity index (χ3n) is 3.73. The molecular formula is C18H23NO4S. The first kappa shape index (κ1) is 18.3. The van der Waals surface area contributed by atoms with Crippen molar-refractivity contribution < 1.29 is 17.9 Å². The first-order valence-electron chi connectivity index (χ1n) is 7.91. The normalized spacial score (nSPS) is 11.7. The molecule has 1 heterocycles. The minimum Gasteiger partial charge on any atom is -0.466 e. The third-order valence-corrected chi connectivity index (χ3v) is 4.81. The molecule has 0 aliphatic heterocycles. The molecule has 0 unspecified atom stereocenters. The van der Waals surface area contributed by atoms with E-state index < -0.39 is 16.0 Å². The quantitative estimate of drug-likeness (QED) is 0.751. The van der Waals surface area contributed by atoms with Crippen molar-refractivity contribution in [3.63, 3.8) is 0 Å². The Hall–Kier alpha value is -2.08. The largest absolute Gasteiger partial charge is 0.466 e. The number of esters is 1. The minimum absolute atomic E-state index is 0.0682. The molecule has 0 atom stereocenters. The van der Waals surface area contributed by atoms with Gasteiger partial charge in [0, 0.05) is 5.69 Å². The second-order valence-electron chi connectivity index (χ2n) is 5.96. The molecule has 0 saturated heterocycles. The molecular weight excluding hydrogens is 326 g/mol. The van der Waals surface area contributed by atoms with E-state index >= 15 is 0 Å². The summed E-state index contributed by atoms with van der Waals surface area (Å²) in [7, 11) is -3.58. The molecule has 0 fully saturated rings. The van der Waals surface area contributed by atoms with Gasteiger partial charge >= 0.3 is 5.97 Å². The molecule has 1 aromatic carbocycles. The Bertz CT molecular complexity index is 820. The average molecular weight is 349 g/mol. The molecule has 5 nitrogen and oxygen atoms in total. The predicted molar refractivity (Wildman–Crippen MR) is 94.5 cm³/mol.